The van der Waals surface area contributed by atoms with Crippen molar-refractivity contribution in [3.63, 3.8) is 0 Å². The maximum absolute atomic E-state index is 13.2. The van der Waals surface area contributed by atoms with Gasteiger partial charge in [0.05, 0.1) is 35.6 Å². The van der Waals surface area contributed by atoms with Crippen LogP contribution in [0.5, 0.6) is 0 Å². The molecule has 0 radical (unpaired) electrons. The van der Waals surface area contributed by atoms with Gasteiger partial charge in [0.25, 0.3) is 11.8 Å². The van der Waals surface area contributed by atoms with E-state index < -0.39 is 24.0 Å². The van der Waals surface area contributed by atoms with E-state index in [9.17, 15) is 19.8 Å². The summed E-state index contributed by atoms with van der Waals surface area (Å²) < 4.78 is 9.74. The number of nitrogens with zero attached hydrogens (tertiary/aromatic N) is 2. The number of ether oxygens (including phenoxy) is 1. The van der Waals surface area contributed by atoms with Crippen LogP contribution in [-0.4, -0.2) is 55.6 Å². The highest BCUT2D eigenvalue weighted by Crippen LogP contribution is 2.39. The van der Waals surface area contributed by atoms with Crippen molar-refractivity contribution in [2.75, 3.05) is 0 Å². The van der Waals surface area contributed by atoms with E-state index >= 15 is 0 Å². The molecule has 4 heterocycles. The summed E-state index contributed by atoms with van der Waals surface area (Å²) in [6.07, 6.45) is 3.65. The topological polar surface area (TPSA) is 106 Å². The number of carbonyl (C=O) groups is 2. The highest BCUT2D eigenvalue weighted by Gasteiger charge is 2.36. The zero-order valence-corrected chi connectivity index (χ0v) is 21.4. The predicted molar refractivity (Wildman–Crippen MR) is 145 cm³/mol. The number of aliphatic hydroxyl groups excluding tert-OH is 2. The number of aliphatic hydroxyl groups is 2. The number of fused-ring (bicyclic) bond motifs is 2. The number of aromatic nitrogens is 2. The maximum Gasteiger partial charge on any atom is 0.259 e. The number of rotatable bonds is 7. The molecular formula is C30H31N3O5. The zero-order valence-electron chi connectivity index (χ0n) is 21.4. The number of benzene rings is 2. The van der Waals surface area contributed by atoms with Gasteiger partial charge in [-0.1, -0.05) is 36.4 Å². The third-order valence-corrected chi connectivity index (χ3v) is 7.89. The minimum Gasteiger partial charge on any atom is -0.390 e. The van der Waals surface area contributed by atoms with E-state index in [1.165, 1.54) is 0 Å². The fourth-order valence-corrected chi connectivity index (χ4v) is 5.90. The average molecular weight is 514 g/mol. The molecule has 0 spiro atoms. The third kappa shape index (κ3) is 4.05. The van der Waals surface area contributed by atoms with E-state index in [0.29, 0.717) is 42.5 Å². The average Bonchev–Trinajstić information content (AvgIpc) is 3.62. The van der Waals surface area contributed by atoms with E-state index in [2.05, 4.69) is 9.88 Å². The van der Waals surface area contributed by atoms with Gasteiger partial charge in [0.15, 0.2) is 0 Å². The molecule has 0 bridgehead atoms. The number of amides is 2. The van der Waals surface area contributed by atoms with Crippen molar-refractivity contribution in [2.24, 2.45) is 7.05 Å². The van der Waals surface area contributed by atoms with Crippen LogP contribution in [0.1, 0.15) is 37.3 Å². The molecule has 0 aliphatic carbocycles. The first-order chi connectivity index (χ1) is 18.3. The summed E-state index contributed by atoms with van der Waals surface area (Å²) in [6, 6.07) is 15.7. The Morgan fingerprint density at radius 3 is 2.24 bits per heavy atom. The van der Waals surface area contributed by atoms with Crippen molar-refractivity contribution in [1.82, 2.24) is 14.5 Å². The van der Waals surface area contributed by atoms with E-state index in [0.717, 1.165) is 27.4 Å². The van der Waals surface area contributed by atoms with Gasteiger partial charge in [0, 0.05) is 65.3 Å². The smallest absolute Gasteiger partial charge is 0.259 e. The van der Waals surface area contributed by atoms with Crippen molar-refractivity contribution >= 4 is 44.8 Å². The molecule has 4 aromatic rings. The summed E-state index contributed by atoms with van der Waals surface area (Å²) in [5, 5.41) is 24.9. The fraction of sp³-hybridized carbons (Fsp3) is 0.333. The SMILES string of the molecule is C[C@H]1O[C@@H](C(O)CCCn2cc(C3=C(c4cn(C)c5ccccc45)C(=O)NC3=O)c3ccccc32)C[C@@H]1O. The molecule has 0 saturated carbocycles. The standard InChI is InChI=1S/C30H31N3O5/c1-17-25(35)14-26(38-17)24(34)12-7-13-33-16-21(19-9-4-6-11-23(19)33)28-27(29(36)31-30(28)37)20-15-32(2)22-10-5-3-8-18(20)22/h3-6,8-11,15-17,24-26,34-35H,7,12-14H2,1-2H3,(H,31,36,37)/t17-,24?,25+,26-/m1/s1. The Morgan fingerprint density at radius 1 is 0.974 bits per heavy atom. The normalized spacial score (nSPS) is 22.7. The van der Waals surface area contributed by atoms with Gasteiger partial charge in [-0.3, -0.25) is 14.9 Å². The van der Waals surface area contributed by atoms with Crippen LogP contribution < -0.4 is 5.32 Å². The molecule has 2 aromatic heterocycles. The van der Waals surface area contributed by atoms with Crippen LogP contribution in [0.4, 0.5) is 0 Å². The van der Waals surface area contributed by atoms with E-state index in [-0.39, 0.29) is 12.2 Å². The number of carbonyl (C=O) groups excluding carboxylic acids is 2. The van der Waals surface area contributed by atoms with E-state index in [1.807, 2.05) is 79.5 Å². The lowest BCUT2D eigenvalue weighted by Gasteiger charge is -2.18. The summed E-state index contributed by atoms with van der Waals surface area (Å²) in [7, 11) is 1.93. The second-order valence-corrected chi connectivity index (χ2v) is 10.3. The van der Waals surface area contributed by atoms with Gasteiger partial charge in [-0.05, 0) is 31.9 Å². The molecule has 1 fully saturated rings. The van der Waals surface area contributed by atoms with Gasteiger partial charge in [0.1, 0.15) is 0 Å². The van der Waals surface area contributed by atoms with Crippen LogP contribution in [0.2, 0.25) is 0 Å². The van der Waals surface area contributed by atoms with Crippen LogP contribution in [-0.2, 0) is 27.9 Å². The Balaban J connectivity index is 1.36. The Hall–Kier alpha value is -3.72. The predicted octanol–water partition coefficient (Wildman–Crippen LogP) is 3.38. The summed E-state index contributed by atoms with van der Waals surface area (Å²) in [6.45, 7) is 2.44. The number of hydrogen-bond donors (Lipinski definition) is 3. The van der Waals surface area contributed by atoms with Crippen molar-refractivity contribution < 1.29 is 24.5 Å². The monoisotopic (exact) mass is 513 g/mol. The first-order valence-corrected chi connectivity index (χ1v) is 13.1. The molecule has 3 N–H and O–H groups in total. The van der Waals surface area contributed by atoms with Crippen LogP contribution in [0.25, 0.3) is 33.0 Å². The number of hydrogen-bond acceptors (Lipinski definition) is 5. The quantitative estimate of drug-likeness (QED) is 0.329. The second-order valence-electron chi connectivity index (χ2n) is 10.3. The van der Waals surface area contributed by atoms with Gasteiger partial charge in [-0.25, -0.2) is 0 Å². The molecule has 2 aliphatic rings. The summed E-state index contributed by atoms with van der Waals surface area (Å²) >= 11 is 0. The molecule has 8 nitrogen and oxygen atoms in total. The van der Waals surface area contributed by atoms with Gasteiger partial charge in [-0.2, -0.15) is 0 Å². The molecule has 4 atom stereocenters. The molecule has 2 aromatic carbocycles. The molecular weight excluding hydrogens is 482 g/mol. The Morgan fingerprint density at radius 2 is 1.58 bits per heavy atom. The minimum absolute atomic E-state index is 0.268. The first kappa shape index (κ1) is 24.6. The lowest BCUT2D eigenvalue weighted by Crippen LogP contribution is -2.26. The van der Waals surface area contributed by atoms with E-state index in [4.69, 9.17) is 4.74 Å². The molecule has 6 rings (SSSR count). The molecule has 1 unspecified atom stereocenters. The molecule has 2 amide bonds. The van der Waals surface area contributed by atoms with Crippen molar-refractivity contribution in [3.05, 3.63) is 72.1 Å². The Labute approximate surface area is 220 Å². The number of nitrogens with one attached hydrogen (secondary N) is 1. The maximum atomic E-state index is 13.2. The molecule has 1 saturated heterocycles. The lowest BCUT2D eigenvalue weighted by molar-refractivity contribution is -0.122. The summed E-state index contributed by atoms with van der Waals surface area (Å²) in [5.74, 6) is -0.795. The third-order valence-electron chi connectivity index (χ3n) is 7.89. The molecule has 38 heavy (non-hydrogen) atoms. The number of para-hydroxylation sites is 2. The highest BCUT2D eigenvalue weighted by molar-refractivity contribution is 6.50. The van der Waals surface area contributed by atoms with Crippen LogP contribution in [0.15, 0.2) is 60.9 Å². The minimum atomic E-state index is -0.658. The van der Waals surface area contributed by atoms with Crippen LogP contribution in [0.3, 0.4) is 0 Å². The van der Waals surface area contributed by atoms with Gasteiger partial charge < -0.3 is 24.1 Å². The zero-order chi connectivity index (χ0) is 26.6. The highest BCUT2D eigenvalue weighted by atomic mass is 16.5. The summed E-state index contributed by atoms with van der Waals surface area (Å²) in [4.78, 5) is 26.3. The molecule has 2 aliphatic heterocycles. The van der Waals surface area contributed by atoms with E-state index in [1.54, 1.807) is 0 Å². The van der Waals surface area contributed by atoms with Crippen LogP contribution in [0, 0.1) is 0 Å². The van der Waals surface area contributed by atoms with Crippen molar-refractivity contribution in [3.8, 4) is 0 Å². The van der Waals surface area contributed by atoms with Crippen LogP contribution >= 0.6 is 0 Å². The lowest BCUT2D eigenvalue weighted by atomic mass is 9.95. The second kappa shape index (κ2) is 9.54. The molecule has 196 valence electrons. The summed E-state index contributed by atoms with van der Waals surface area (Å²) in [5.41, 5.74) is 4.14. The van der Waals surface area contributed by atoms with Gasteiger partial charge in [-0.15, -0.1) is 0 Å². The van der Waals surface area contributed by atoms with Crippen molar-refractivity contribution in [2.45, 2.75) is 57.1 Å². The number of aryl methyl sites for hydroxylation is 2. The first-order valence-electron chi connectivity index (χ1n) is 13.1. The molecule has 8 heteroatoms. The largest absolute Gasteiger partial charge is 0.390 e. The van der Waals surface area contributed by atoms with Gasteiger partial charge >= 0.3 is 0 Å². The Kier molecular flexibility index (Phi) is 6.18. The van der Waals surface area contributed by atoms with Crippen molar-refractivity contribution in [1.29, 1.82) is 0 Å². The fourth-order valence-electron chi connectivity index (χ4n) is 5.90. The number of imide groups is 1. The Bertz CT molecular complexity index is 1590. The van der Waals surface area contributed by atoms with Gasteiger partial charge in [0.2, 0.25) is 0 Å².